The van der Waals surface area contributed by atoms with Crippen LogP contribution in [0.3, 0.4) is 0 Å². The van der Waals surface area contributed by atoms with Crippen molar-refractivity contribution < 1.29 is 9.18 Å². The van der Waals surface area contributed by atoms with E-state index in [1.54, 1.807) is 13.1 Å². The summed E-state index contributed by atoms with van der Waals surface area (Å²) in [5.41, 5.74) is 0.571. The number of nitrogens with one attached hydrogen (secondary N) is 2. The molecule has 16 heavy (non-hydrogen) atoms. The third kappa shape index (κ3) is 4.06. The maximum atomic E-state index is 13.0. The molecule has 0 heterocycles. The molecule has 0 saturated carbocycles. The van der Waals surface area contributed by atoms with E-state index in [0.717, 1.165) is 0 Å². The van der Waals surface area contributed by atoms with Crippen molar-refractivity contribution in [3.05, 3.63) is 29.0 Å². The highest BCUT2D eigenvalue weighted by Gasteiger charge is 2.08. The van der Waals surface area contributed by atoms with E-state index in [4.69, 9.17) is 11.6 Å². The first kappa shape index (κ1) is 12.8. The number of hydrogen-bond acceptors (Lipinski definition) is 2. The van der Waals surface area contributed by atoms with Gasteiger partial charge < -0.3 is 10.6 Å². The molecule has 0 fully saturated rings. The molecule has 1 rings (SSSR count). The van der Waals surface area contributed by atoms with Gasteiger partial charge in [0.05, 0.1) is 0 Å². The van der Waals surface area contributed by atoms with Gasteiger partial charge in [-0.05, 0) is 25.1 Å². The Labute approximate surface area is 99.0 Å². The van der Waals surface area contributed by atoms with Crippen molar-refractivity contribution in [3.63, 3.8) is 0 Å². The molecule has 0 aliphatic rings. The molecule has 3 nitrogen and oxygen atoms in total. The summed E-state index contributed by atoms with van der Waals surface area (Å²) in [7, 11) is 1.58. The van der Waals surface area contributed by atoms with Crippen molar-refractivity contribution in [3.8, 4) is 0 Å². The monoisotopic (exact) mass is 244 g/mol. The Morgan fingerprint density at radius 3 is 2.75 bits per heavy atom. The molecule has 88 valence electrons. The summed E-state index contributed by atoms with van der Waals surface area (Å²) < 4.78 is 13.0. The lowest BCUT2D eigenvalue weighted by Gasteiger charge is -2.14. The summed E-state index contributed by atoms with van der Waals surface area (Å²) >= 11 is 5.71. The lowest BCUT2D eigenvalue weighted by atomic mass is 10.2. The van der Waals surface area contributed by atoms with Gasteiger partial charge in [-0.25, -0.2) is 4.39 Å². The predicted molar refractivity (Wildman–Crippen MR) is 63.2 cm³/mol. The smallest absolute Gasteiger partial charge is 0.221 e. The van der Waals surface area contributed by atoms with E-state index in [1.807, 2.05) is 6.92 Å². The molecule has 1 atom stereocenters. The molecule has 0 bridgehead atoms. The van der Waals surface area contributed by atoms with Crippen LogP contribution in [-0.4, -0.2) is 19.0 Å². The zero-order chi connectivity index (χ0) is 12.1. The fourth-order valence-electron chi connectivity index (χ4n) is 1.35. The summed E-state index contributed by atoms with van der Waals surface area (Å²) in [6.07, 6.45) is 0.324. The molecule has 0 saturated heterocycles. The number of benzene rings is 1. The van der Waals surface area contributed by atoms with Crippen molar-refractivity contribution in [1.82, 2.24) is 5.32 Å². The Balaban J connectivity index is 2.62. The molecule has 1 amide bonds. The van der Waals surface area contributed by atoms with Gasteiger partial charge in [0.15, 0.2) is 0 Å². The number of halogens is 2. The van der Waals surface area contributed by atoms with E-state index >= 15 is 0 Å². The average Bonchev–Trinajstić information content (AvgIpc) is 2.15. The van der Waals surface area contributed by atoms with Gasteiger partial charge in [0.1, 0.15) is 5.82 Å². The maximum absolute atomic E-state index is 13.0. The first-order chi connectivity index (χ1) is 7.51. The first-order valence-electron chi connectivity index (χ1n) is 4.94. The van der Waals surface area contributed by atoms with Crippen LogP contribution in [0.5, 0.6) is 0 Å². The molecule has 5 heteroatoms. The van der Waals surface area contributed by atoms with Crippen LogP contribution in [0.4, 0.5) is 10.1 Å². The highest BCUT2D eigenvalue weighted by Crippen LogP contribution is 2.19. The van der Waals surface area contributed by atoms with Gasteiger partial charge in [0.2, 0.25) is 5.91 Å². The van der Waals surface area contributed by atoms with Crippen molar-refractivity contribution in [2.24, 2.45) is 0 Å². The van der Waals surface area contributed by atoms with E-state index < -0.39 is 5.82 Å². The molecule has 0 aliphatic heterocycles. The summed E-state index contributed by atoms with van der Waals surface area (Å²) in [5.74, 6) is -0.468. The first-order valence-corrected chi connectivity index (χ1v) is 5.32. The Kier molecular flexibility index (Phi) is 4.55. The minimum Gasteiger partial charge on any atom is -0.382 e. The molecular formula is C11H14ClFN2O. The van der Waals surface area contributed by atoms with Gasteiger partial charge in [0, 0.05) is 30.2 Å². The van der Waals surface area contributed by atoms with Crippen LogP contribution < -0.4 is 10.6 Å². The summed E-state index contributed by atoms with van der Waals surface area (Å²) in [6.45, 7) is 1.84. The van der Waals surface area contributed by atoms with E-state index in [9.17, 15) is 9.18 Å². The Morgan fingerprint density at radius 2 is 2.19 bits per heavy atom. The van der Waals surface area contributed by atoms with Gasteiger partial charge in [-0.1, -0.05) is 11.6 Å². The van der Waals surface area contributed by atoms with Crippen LogP contribution in [0, 0.1) is 5.82 Å². The van der Waals surface area contributed by atoms with Gasteiger partial charge in [0.25, 0.3) is 0 Å². The van der Waals surface area contributed by atoms with E-state index in [-0.39, 0.29) is 11.9 Å². The fourth-order valence-corrected chi connectivity index (χ4v) is 1.57. The molecule has 0 aliphatic carbocycles. The van der Waals surface area contributed by atoms with Gasteiger partial charge in [-0.2, -0.15) is 0 Å². The van der Waals surface area contributed by atoms with Crippen LogP contribution in [0.25, 0.3) is 0 Å². The zero-order valence-electron chi connectivity index (χ0n) is 9.18. The number of rotatable bonds is 4. The van der Waals surface area contributed by atoms with Crippen LogP contribution >= 0.6 is 11.6 Å². The fraction of sp³-hybridized carbons (Fsp3) is 0.364. The molecule has 0 radical (unpaired) electrons. The van der Waals surface area contributed by atoms with Gasteiger partial charge >= 0.3 is 0 Å². The third-order valence-corrected chi connectivity index (χ3v) is 2.26. The lowest BCUT2D eigenvalue weighted by molar-refractivity contribution is -0.120. The number of carbonyl (C=O) groups is 1. The number of carbonyl (C=O) groups excluding carboxylic acids is 1. The second kappa shape index (κ2) is 5.70. The Hall–Kier alpha value is -1.29. The second-order valence-electron chi connectivity index (χ2n) is 3.58. The molecule has 0 aromatic heterocycles. The van der Waals surface area contributed by atoms with E-state index in [0.29, 0.717) is 17.1 Å². The second-order valence-corrected chi connectivity index (χ2v) is 4.02. The molecule has 1 aromatic carbocycles. The Morgan fingerprint density at radius 1 is 1.50 bits per heavy atom. The minimum absolute atomic E-state index is 0.0671. The predicted octanol–water partition coefficient (Wildman–Crippen LogP) is 2.42. The standard InChI is InChI=1S/C11H14ClFN2O/c1-7(3-11(16)14-2)15-10-5-8(12)4-9(13)6-10/h4-7,15H,3H2,1-2H3,(H,14,16). The average molecular weight is 245 g/mol. The molecule has 0 spiro atoms. The van der Waals surface area contributed by atoms with E-state index in [1.165, 1.54) is 12.1 Å². The van der Waals surface area contributed by atoms with Crippen molar-refractivity contribution in [2.75, 3.05) is 12.4 Å². The SMILES string of the molecule is CNC(=O)CC(C)Nc1cc(F)cc(Cl)c1. The summed E-state index contributed by atoms with van der Waals surface area (Å²) in [4.78, 5) is 11.1. The van der Waals surface area contributed by atoms with Crippen molar-refractivity contribution in [2.45, 2.75) is 19.4 Å². The van der Waals surface area contributed by atoms with Crippen molar-refractivity contribution in [1.29, 1.82) is 0 Å². The quantitative estimate of drug-likeness (QED) is 0.854. The number of hydrogen-bond donors (Lipinski definition) is 2. The van der Waals surface area contributed by atoms with Crippen LogP contribution in [0.2, 0.25) is 5.02 Å². The lowest BCUT2D eigenvalue weighted by Crippen LogP contribution is -2.26. The van der Waals surface area contributed by atoms with Crippen LogP contribution in [-0.2, 0) is 4.79 Å². The third-order valence-electron chi connectivity index (χ3n) is 2.05. The molecule has 2 N–H and O–H groups in total. The minimum atomic E-state index is -0.401. The number of amides is 1. The van der Waals surface area contributed by atoms with Crippen LogP contribution in [0.1, 0.15) is 13.3 Å². The van der Waals surface area contributed by atoms with Crippen molar-refractivity contribution >= 4 is 23.2 Å². The highest BCUT2D eigenvalue weighted by molar-refractivity contribution is 6.30. The topological polar surface area (TPSA) is 41.1 Å². The normalized spacial score (nSPS) is 12.0. The number of anilines is 1. The highest BCUT2D eigenvalue weighted by atomic mass is 35.5. The maximum Gasteiger partial charge on any atom is 0.221 e. The molecular weight excluding hydrogens is 231 g/mol. The summed E-state index contributed by atoms with van der Waals surface area (Å²) in [6, 6.07) is 4.10. The Bertz CT molecular complexity index is 364. The largest absolute Gasteiger partial charge is 0.382 e. The molecule has 1 aromatic rings. The van der Waals surface area contributed by atoms with E-state index in [2.05, 4.69) is 10.6 Å². The van der Waals surface area contributed by atoms with Gasteiger partial charge in [-0.3, -0.25) is 4.79 Å². The van der Waals surface area contributed by atoms with Crippen LogP contribution in [0.15, 0.2) is 18.2 Å². The zero-order valence-corrected chi connectivity index (χ0v) is 9.94. The summed E-state index contributed by atoms with van der Waals surface area (Å²) in [5, 5.41) is 5.86. The van der Waals surface area contributed by atoms with Gasteiger partial charge in [-0.15, -0.1) is 0 Å². The molecule has 1 unspecified atom stereocenters.